The largest absolute Gasteiger partial charge is 0.312 e. The minimum atomic E-state index is -0.468. The van der Waals surface area contributed by atoms with E-state index in [1.165, 1.54) is 23.5 Å². The number of aromatic nitrogens is 1. The van der Waals surface area contributed by atoms with E-state index in [1.807, 2.05) is 32.0 Å². The number of fused-ring (bicyclic) bond motifs is 1. The molecule has 0 aliphatic carbocycles. The third-order valence-electron chi connectivity index (χ3n) is 5.95. The van der Waals surface area contributed by atoms with Crippen LogP contribution in [0.1, 0.15) is 17.5 Å². The lowest BCUT2D eigenvalue weighted by Gasteiger charge is -2.24. The average Bonchev–Trinajstić information content (AvgIpc) is 3.35. The van der Waals surface area contributed by atoms with Crippen molar-refractivity contribution < 1.29 is 14.0 Å². The number of rotatable bonds is 6. The maximum atomic E-state index is 13.6. The summed E-state index contributed by atoms with van der Waals surface area (Å²) in [4.78, 5) is 36.4. The smallest absolute Gasteiger partial charge is 0.234 e. The molecule has 2 heterocycles. The van der Waals surface area contributed by atoms with Crippen molar-refractivity contribution in [1.29, 1.82) is 0 Å². The summed E-state index contributed by atoms with van der Waals surface area (Å²) in [7, 11) is 3.92. The third-order valence-corrected chi connectivity index (χ3v) is 7.00. The molecule has 1 aromatic heterocycles. The first kappa shape index (κ1) is 25.1. The molecule has 1 atom stereocenters. The second-order valence-corrected chi connectivity index (χ2v) is 9.53. The number of aryl methyl sites for hydroxylation is 2. The van der Waals surface area contributed by atoms with Gasteiger partial charge >= 0.3 is 0 Å². The van der Waals surface area contributed by atoms with E-state index in [1.54, 1.807) is 21.9 Å². The van der Waals surface area contributed by atoms with Crippen LogP contribution in [0, 0.1) is 25.6 Å². The van der Waals surface area contributed by atoms with Gasteiger partial charge in [0.2, 0.25) is 11.8 Å². The van der Waals surface area contributed by atoms with Gasteiger partial charge in [-0.3, -0.25) is 14.5 Å². The minimum absolute atomic E-state index is 0. The summed E-state index contributed by atoms with van der Waals surface area (Å²) in [6, 6.07) is 9.91. The molecule has 0 radical (unpaired) electrons. The number of hydrogen-bond acceptors (Lipinski definition) is 5. The number of carbonyl (C=O) groups is 2. The Kier molecular flexibility index (Phi) is 7.72. The van der Waals surface area contributed by atoms with Crippen molar-refractivity contribution in [2.24, 2.45) is 5.92 Å². The van der Waals surface area contributed by atoms with Crippen LogP contribution in [-0.4, -0.2) is 55.4 Å². The molecule has 0 bridgehead atoms. The Bertz CT molecular complexity index is 1170. The van der Waals surface area contributed by atoms with E-state index in [9.17, 15) is 14.0 Å². The number of anilines is 2. The van der Waals surface area contributed by atoms with E-state index in [-0.39, 0.29) is 43.0 Å². The zero-order valence-corrected chi connectivity index (χ0v) is 20.8. The average molecular weight is 491 g/mol. The molecule has 1 unspecified atom stereocenters. The zero-order chi connectivity index (χ0) is 23.0. The Hall–Kier alpha value is -2.55. The Morgan fingerprint density at radius 1 is 1.15 bits per heavy atom. The van der Waals surface area contributed by atoms with Gasteiger partial charge in [0.1, 0.15) is 5.82 Å². The SMILES string of the molecule is Cc1ccc2sc(N(CCN(C)C)C(=O)C3CC(=O)N(c4ccc(F)cc4)C3)nc2c1C.Cl. The highest BCUT2D eigenvalue weighted by Crippen LogP contribution is 2.34. The predicted molar refractivity (Wildman–Crippen MR) is 134 cm³/mol. The van der Waals surface area contributed by atoms with Gasteiger partial charge in [0, 0.05) is 31.7 Å². The Morgan fingerprint density at radius 2 is 1.85 bits per heavy atom. The maximum absolute atomic E-state index is 13.6. The summed E-state index contributed by atoms with van der Waals surface area (Å²) in [6.45, 7) is 5.55. The lowest BCUT2D eigenvalue weighted by molar-refractivity contribution is -0.124. The molecule has 1 aliphatic rings. The Labute approximate surface area is 203 Å². The van der Waals surface area contributed by atoms with Gasteiger partial charge < -0.3 is 9.80 Å². The summed E-state index contributed by atoms with van der Waals surface area (Å²) >= 11 is 1.50. The second-order valence-electron chi connectivity index (χ2n) is 8.53. The highest BCUT2D eigenvalue weighted by Gasteiger charge is 2.38. The van der Waals surface area contributed by atoms with Crippen molar-refractivity contribution in [2.45, 2.75) is 20.3 Å². The number of carbonyl (C=O) groups excluding carboxylic acids is 2. The molecule has 1 aliphatic heterocycles. The molecule has 6 nitrogen and oxygen atoms in total. The number of halogens is 2. The van der Waals surface area contributed by atoms with Gasteiger partial charge in [-0.15, -0.1) is 12.4 Å². The van der Waals surface area contributed by atoms with E-state index in [4.69, 9.17) is 4.98 Å². The Morgan fingerprint density at radius 3 is 2.52 bits per heavy atom. The van der Waals surface area contributed by atoms with E-state index in [2.05, 4.69) is 13.0 Å². The van der Waals surface area contributed by atoms with E-state index in [0.717, 1.165) is 21.3 Å². The topological polar surface area (TPSA) is 56.8 Å². The van der Waals surface area contributed by atoms with Crippen LogP contribution in [0.2, 0.25) is 0 Å². The van der Waals surface area contributed by atoms with Crippen LogP contribution in [0.25, 0.3) is 10.2 Å². The van der Waals surface area contributed by atoms with E-state index in [0.29, 0.717) is 23.9 Å². The molecule has 1 fully saturated rings. The van der Waals surface area contributed by atoms with E-state index >= 15 is 0 Å². The Balaban J connectivity index is 0.00000306. The standard InChI is InChI=1S/C24H27FN4O2S.ClH/c1-15-5-10-20-22(16(15)2)26-24(32-20)28(12-11-27(3)4)23(31)17-13-21(30)29(14-17)19-8-6-18(25)7-9-19;/h5-10,17H,11-14H2,1-4H3;1H. The molecule has 0 spiro atoms. The van der Waals surface area contributed by atoms with Gasteiger partial charge in [0.25, 0.3) is 0 Å². The summed E-state index contributed by atoms with van der Waals surface area (Å²) in [5.74, 6) is -1.05. The van der Waals surface area contributed by atoms with Crippen LogP contribution in [0.15, 0.2) is 36.4 Å². The molecule has 2 aromatic carbocycles. The summed E-state index contributed by atoms with van der Waals surface area (Å²) < 4.78 is 14.3. The van der Waals surface area contributed by atoms with Crippen molar-refractivity contribution in [3.05, 3.63) is 53.3 Å². The summed E-state index contributed by atoms with van der Waals surface area (Å²) in [5.41, 5.74) is 3.81. The number of hydrogen-bond donors (Lipinski definition) is 0. The lowest BCUT2D eigenvalue weighted by atomic mass is 10.1. The third kappa shape index (κ3) is 5.18. The molecule has 33 heavy (non-hydrogen) atoms. The quantitative estimate of drug-likeness (QED) is 0.513. The monoisotopic (exact) mass is 490 g/mol. The normalized spacial score (nSPS) is 15.9. The van der Waals surface area contributed by atoms with Gasteiger partial charge in [-0.2, -0.15) is 0 Å². The van der Waals surface area contributed by atoms with Crippen molar-refractivity contribution in [3.63, 3.8) is 0 Å². The first-order valence-corrected chi connectivity index (χ1v) is 11.4. The fourth-order valence-electron chi connectivity index (χ4n) is 3.89. The number of thiazole rings is 1. The highest BCUT2D eigenvalue weighted by molar-refractivity contribution is 7.22. The molecule has 3 aromatic rings. The van der Waals surface area contributed by atoms with Gasteiger partial charge in [0.15, 0.2) is 5.13 Å². The zero-order valence-electron chi connectivity index (χ0n) is 19.2. The maximum Gasteiger partial charge on any atom is 0.234 e. The fraction of sp³-hybridized carbons (Fsp3) is 0.375. The molecule has 9 heteroatoms. The van der Waals surface area contributed by atoms with Gasteiger partial charge in [-0.05, 0) is 69.4 Å². The van der Waals surface area contributed by atoms with Crippen molar-refractivity contribution in [3.8, 4) is 0 Å². The van der Waals surface area contributed by atoms with Crippen LogP contribution >= 0.6 is 23.7 Å². The van der Waals surface area contributed by atoms with Crippen LogP contribution in [0.5, 0.6) is 0 Å². The van der Waals surface area contributed by atoms with Crippen LogP contribution < -0.4 is 9.80 Å². The second kappa shape index (κ2) is 10.2. The number of likely N-dealkylation sites (N-methyl/N-ethyl adjacent to an activating group) is 1. The molecular weight excluding hydrogens is 463 g/mol. The minimum Gasteiger partial charge on any atom is -0.312 e. The molecule has 4 rings (SSSR count). The van der Waals surface area contributed by atoms with E-state index < -0.39 is 5.92 Å². The van der Waals surface area contributed by atoms with Crippen LogP contribution in [0.4, 0.5) is 15.2 Å². The van der Waals surface area contributed by atoms with Gasteiger partial charge in [-0.25, -0.2) is 9.37 Å². The fourth-order valence-corrected chi connectivity index (χ4v) is 4.95. The lowest BCUT2D eigenvalue weighted by Crippen LogP contribution is -2.41. The molecule has 176 valence electrons. The van der Waals surface area contributed by atoms with Crippen molar-refractivity contribution in [1.82, 2.24) is 9.88 Å². The number of benzene rings is 2. The summed E-state index contributed by atoms with van der Waals surface area (Å²) in [6.07, 6.45) is 0.137. The highest BCUT2D eigenvalue weighted by atomic mass is 35.5. The van der Waals surface area contributed by atoms with Gasteiger partial charge in [0.05, 0.1) is 16.1 Å². The number of amides is 2. The summed E-state index contributed by atoms with van der Waals surface area (Å²) in [5, 5.41) is 0.660. The first-order chi connectivity index (χ1) is 15.2. The number of nitrogens with zero attached hydrogens (tertiary/aromatic N) is 4. The van der Waals surface area contributed by atoms with Gasteiger partial charge in [-0.1, -0.05) is 17.4 Å². The van der Waals surface area contributed by atoms with Crippen LogP contribution in [0.3, 0.4) is 0 Å². The van der Waals surface area contributed by atoms with Crippen molar-refractivity contribution in [2.75, 3.05) is 43.5 Å². The predicted octanol–water partition coefficient (Wildman–Crippen LogP) is 4.42. The van der Waals surface area contributed by atoms with Crippen LogP contribution in [-0.2, 0) is 9.59 Å². The molecule has 0 N–H and O–H groups in total. The molecule has 0 saturated carbocycles. The molecular formula is C24H28ClFN4O2S. The van der Waals surface area contributed by atoms with Crippen molar-refractivity contribution >= 4 is 56.6 Å². The molecule has 2 amide bonds. The first-order valence-electron chi connectivity index (χ1n) is 10.6. The molecule has 1 saturated heterocycles.